The van der Waals surface area contributed by atoms with Crippen LogP contribution >= 0.6 is 0 Å². The van der Waals surface area contributed by atoms with E-state index in [1.807, 2.05) is 42.2 Å². The molecule has 0 aliphatic rings. The van der Waals surface area contributed by atoms with Gasteiger partial charge in [0.1, 0.15) is 12.2 Å². The molecule has 0 aliphatic heterocycles. The fourth-order valence-corrected chi connectivity index (χ4v) is 2.65. The number of nitrogens with zero attached hydrogens (tertiary/aromatic N) is 5. The van der Waals surface area contributed by atoms with E-state index in [0.717, 1.165) is 11.4 Å². The lowest BCUT2D eigenvalue weighted by molar-refractivity contribution is 0.319. The van der Waals surface area contributed by atoms with Gasteiger partial charge in [-0.1, -0.05) is 18.2 Å². The number of benzene rings is 1. The molecule has 0 bridgehead atoms. The van der Waals surface area contributed by atoms with Gasteiger partial charge >= 0.3 is 0 Å². The smallest absolute Gasteiger partial charge is 0.233 e. The standard InChI is InChI=1S/C17H21N5OSi/c1-13-10-18-15-11-19-17(21-16(15)20-13)22(12-23-24(2,3)4)14-8-6-5-7-9-14/h5-11H,12H2,1-4H3. The van der Waals surface area contributed by atoms with Crippen LogP contribution in [0, 0.1) is 6.92 Å². The highest BCUT2D eigenvalue weighted by molar-refractivity contribution is 6.69. The highest BCUT2D eigenvalue weighted by Crippen LogP contribution is 2.23. The van der Waals surface area contributed by atoms with Gasteiger partial charge in [0.25, 0.3) is 0 Å². The molecule has 2 heterocycles. The molecular formula is C17H21N5OSi. The molecule has 124 valence electrons. The van der Waals surface area contributed by atoms with Crippen molar-refractivity contribution >= 4 is 31.1 Å². The highest BCUT2D eigenvalue weighted by Gasteiger charge is 2.19. The van der Waals surface area contributed by atoms with E-state index >= 15 is 0 Å². The molecule has 0 saturated carbocycles. The molecular weight excluding hydrogens is 318 g/mol. The fourth-order valence-electron chi connectivity index (χ4n) is 2.13. The van der Waals surface area contributed by atoms with Gasteiger partial charge in [0, 0.05) is 11.9 Å². The summed E-state index contributed by atoms with van der Waals surface area (Å²) in [5, 5.41) is 0. The first-order valence-corrected chi connectivity index (χ1v) is 11.3. The zero-order valence-electron chi connectivity index (χ0n) is 14.4. The quantitative estimate of drug-likeness (QED) is 0.522. The fraction of sp³-hybridized carbons (Fsp3) is 0.294. The van der Waals surface area contributed by atoms with Gasteiger partial charge in [0.05, 0.1) is 11.9 Å². The van der Waals surface area contributed by atoms with Crippen LogP contribution in [0.2, 0.25) is 19.6 Å². The molecule has 3 rings (SSSR count). The monoisotopic (exact) mass is 339 g/mol. The number of para-hydroxylation sites is 1. The Balaban J connectivity index is 2.01. The summed E-state index contributed by atoms with van der Waals surface area (Å²) >= 11 is 0. The lowest BCUT2D eigenvalue weighted by atomic mass is 10.3. The Morgan fingerprint density at radius 1 is 1.00 bits per heavy atom. The Morgan fingerprint density at radius 2 is 1.75 bits per heavy atom. The van der Waals surface area contributed by atoms with Crippen molar-refractivity contribution < 1.29 is 4.43 Å². The van der Waals surface area contributed by atoms with Crippen molar-refractivity contribution in [1.29, 1.82) is 0 Å². The first kappa shape index (κ1) is 16.5. The van der Waals surface area contributed by atoms with Gasteiger partial charge in [-0.15, -0.1) is 0 Å². The van der Waals surface area contributed by atoms with Crippen LogP contribution in [0.5, 0.6) is 0 Å². The maximum atomic E-state index is 6.08. The van der Waals surface area contributed by atoms with Crippen LogP contribution in [-0.2, 0) is 4.43 Å². The van der Waals surface area contributed by atoms with E-state index in [9.17, 15) is 0 Å². The number of anilines is 2. The minimum Gasteiger partial charge on any atom is -0.400 e. The van der Waals surface area contributed by atoms with Gasteiger partial charge in [-0.05, 0) is 38.7 Å². The average molecular weight is 339 g/mol. The second-order valence-corrected chi connectivity index (χ2v) is 11.1. The van der Waals surface area contributed by atoms with E-state index in [0.29, 0.717) is 23.8 Å². The minimum absolute atomic E-state index is 0.407. The molecule has 0 amide bonds. The SMILES string of the molecule is Cc1cnc2cnc(N(CO[Si](C)(C)C)c3ccccc3)nc2n1. The minimum atomic E-state index is -1.67. The molecule has 3 aromatic rings. The largest absolute Gasteiger partial charge is 0.400 e. The summed E-state index contributed by atoms with van der Waals surface area (Å²) in [6, 6.07) is 9.99. The van der Waals surface area contributed by atoms with Gasteiger partial charge in [-0.2, -0.15) is 4.98 Å². The normalized spacial score (nSPS) is 11.7. The zero-order valence-corrected chi connectivity index (χ0v) is 15.4. The van der Waals surface area contributed by atoms with Crippen LogP contribution in [-0.4, -0.2) is 35.0 Å². The predicted octanol–water partition coefficient (Wildman–Crippen LogP) is 3.68. The van der Waals surface area contributed by atoms with E-state index in [4.69, 9.17) is 4.43 Å². The van der Waals surface area contributed by atoms with Crippen molar-refractivity contribution in [1.82, 2.24) is 19.9 Å². The van der Waals surface area contributed by atoms with Crippen molar-refractivity contribution in [2.75, 3.05) is 11.6 Å². The summed E-state index contributed by atoms with van der Waals surface area (Å²) in [5.74, 6) is 0.562. The number of aryl methyl sites for hydroxylation is 1. The molecule has 1 aromatic carbocycles. The third-order valence-corrected chi connectivity index (χ3v) is 4.34. The lowest BCUT2D eigenvalue weighted by Crippen LogP contribution is -2.33. The maximum absolute atomic E-state index is 6.08. The number of aromatic nitrogens is 4. The van der Waals surface area contributed by atoms with Crippen LogP contribution < -0.4 is 4.90 Å². The molecule has 0 radical (unpaired) electrons. The first-order chi connectivity index (χ1) is 11.4. The number of fused-ring (bicyclic) bond motifs is 1. The molecule has 0 saturated heterocycles. The number of hydrogen-bond acceptors (Lipinski definition) is 6. The van der Waals surface area contributed by atoms with Crippen molar-refractivity contribution in [3.05, 3.63) is 48.4 Å². The average Bonchev–Trinajstić information content (AvgIpc) is 2.54. The van der Waals surface area contributed by atoms with Crippen molar-refractivity contribution in [2.24, 2.45) is 0 Å². The molecule has 7 heteroatoms. The Labute approximate surface area is 142 Å². The Hall–Kier alpha value is -2.38. The molecule has 24 heavy (non-hydrogen) atoms. The van der Waals surface area contributed by atoms with E-state index < -0.39 is 8.32 Å². The van der Waals surface area contributed by atoms with E-state index in [2.05, 4.69) is 39.6 Å². The molecule has 6 nitrogen and oxygen atoms in total. The lowest BCUT2D eigenvalue weighted by Gasteiger charge is -2.27. The molecule has 0 fully saturated rings. The maximum Gasteiger partial charge on any atom is 0.233 e. The summed E-state index contributed by atoms with van der Waals surface area (Å²) in [7, 11) is -1.67. The third kappa shape index (κ3) is 3.93. The molecule has 0 aliphatic carbocycles. The number of hydrogen-bond donors (Lipinski definition) is 0. The topological polar surface area (TPSA) is 64.0 Å². The van der Waals surface area contributed by atoms with Gasteiger partial charge in [0.2, 0.25) is 5.95 Å². The molecule has 0 spiro atoms. The second kappa shape index (κ2) is 6.62. The number of rotatable bonds is 5. The van der Waals surface area contributed by atoms with Crippen LogP contribution in [0.3, 0.4) is 0 Å². The van der Waals surface area contributed by atoms with Gasteiger partial charge in [-0.25, -0.2) is 15.0 Å². The van der Waals surface area contributed by atoms with Crippen LogP contribution in [0.1, 0.15) is 5.69 Å². The van der Waals surface area contributed by atoms with Crippen molar-refractivity contribution in [2.45, 2.75) is 26.6 Å². The van der Waals surface area contributed by atoms with Crippen molar-refractivity contribution in [3.8, 4) is 0 Å². The predicted molar refractivity (Wildman–Crippen MR) is 97.7 cm³/mol. The molecule has 0 unspecified atom stereocenters. The molecule has 0 atom stereocenters. The summed E-state index contributed by atoms with van der Waals surface area (Å²) in [6.45, 7) is 8.78. The van der Waals surface area contributed by atoms with Gasteiger partial charge in [0.15, 0.2) is 14.0 Å². The zero-order chi connectivity index (χ0) is 17.2. The van der Waals surface area contributed by atoms with E-state index in [-0.39, 0.29) is 0 Å². The first-order valence-electron chi connectivity index (χ1n) is 7.85. The molecule has 0 N–H and O–H groups in total. The van der Waals surface area contributed by atoms with Crippen LogP contribution in [0.15, 0.2) is 42.7 Å². The Morgan fingerprint density at radius 3 is 2.46 bits per heavy atom. The Kier molecular flexibility index (Phi) is 4.54. The summed E-state index contributed by atoms with van der Waals surface area (Å²) in [5.41, 5.74) is 3.09. The highest BCUT2D eigenvalue weighted by atomic mass is 28.4. The van der Waals surface area contributed by atoms with Gasteiger partial charge in [-0.3, -0.25) is 4.90 Å². The van der Waals surface area contributed by atoms with Gasteiger partial charge < -0.3 is 4.43 Å². The van der Waals surface area contributed by atoms with E-state index in [1.54, 1.807) is 12.4 Å². The van der Waals surface area contributed by atoms with E-state index in [1.165, 1.54) is 0 Å². The summed E-state index contributed by atoms with van der Waals surface area (Å²) < 4.78 is 6.08. The van der Waals surface area contributed by atoms with Crippen molar-refractivity contribution in [3.63, 3.8) is 0 Å². The third-order valence-electron chi connectivity index (χ3n) is 3.35. The summed E-state index contributed by atoms with van der Waals surface area (Å²) in [6.07, 6.45) is 3.42. The summed E-state index contributed by atoms with van der Waals surface area (Å²) in [4.78, 5) is 19.8. The Bertz CT molecular complexity index is 835. The van der Waals surface area contributed by atoms with Crippen LogP contribution in [0.25, 0.3) is 11.2 Å². The molecule has 2 aromatic heterocycles. The van der Waals surface area contributed by atoms with Crippen LogP contribution in [0.4, 0.5) is 11.6 Å². The second-order valence-electron chi connectivity index (χ2n) is 6.54.